The molecule has 2 aromatic heterocycles. The van der Waals surface area contributed by atoms with Crippen LogP contribution in [0.4, 0.5) is 5.95 Å². The van der Waals surface area contributed by atoms with Crippen molar-refractivity contribution in [2.24, 2.45) is 0 Å². The van der Waals surface area contributed by atoms with Crippen molar-refractivity contribution < 1.29 is 0 Å². The lowest BCUT2D eigenvalue weighted by atomic mass is 9.97. The molecule has 4 rings (SSSR count). The molecule has 5 nitrogen and oxygen atoms in total. The normalized spacial score (nSPS) is 20.8. The Morgan fingerprint density at radius 2 is 2.10 bits per heavy atom. The van der Waals surface area contributed by atoms with Crippen LogP contribution in [0.25, 0.3) is 0 Å². The van der Waals surface area contributed by atoms with Gasteiger partial charge in [-0.15, -0.1) is 11.3 Å². The Morgan fingerprint density at radius 1 is 1.24 bits per heavy atom. The molecule has 0 saturated carbocycles. The molecule has 0 aliphatic carbocycles. The van der Waals surface area contributed by atoms with Crippen molar-refractivity contribution >= 4 is 33.2 Å². The Bertz CT molecular complexity index is 737. The lowest BCUT2D eigenvalue weighted by Crippen LogP contribution is -2.27. The summed E-state index contributed by atoms with van der Waals surface area (Å²) in [5.74, 6) is 0.729. The van der Waals surface area contributed by atoms with Crippen LogP contribution in [-0.4, -0.2) is 20.2 Å². The van der Waals surface area contributed by atoms with Gasteiger partial charge in [0.2, 0.25) is 5.95 Å². The fraction of sp³-hybridized carbons (Fsp3) is 0.214. The third-order valence-corrected chi connectivity index (χ3v) is 5.20. The van der Waals surface area contributed by atoms with Gasteiger partial charge in [0, 0.05) is 9.35 Å². The average Bonchev–Trinajstić information content (AvgIpc) is 3.18. The van der Waals surface area contributed by atoms with Gasteiger partial charge in [0.05, 0.1) is 12.1 Å². The molecular weight excluding hydrogens is 350 g/mol. The highest BCUT2D eigenvalue weighted by Gasteiger charge is 2.31. The van der Waals surface area contributed by atoms with E-state index in [0.717, 1.165) is 16.8 Å². The summed E-state index contributed by atoms with van der Waals surface area (Å²) in [6, 6.07) is 13.0. The van der Waals surface area contributed by atoms with E-state index in [9.17, 15) is 0 Å². The number of anilines is 1. The fourth-order valence-corrected chi connectivity index (χ4v) is 3.76. The standard InChI is InChI=1S/C14H12BrN5S/c15-10-5-3-9(4-6-10)11-8-12(13-2-1-7-21-13)20-14(16-11)17-18-19-20/h1-7,11-12H,8H2,(H,16,17,19). The average molecular weight is 362 g/mol. The number of aromatic nitrogens is 4. The molecule has 0 bridgehead atoms. The van der Waals surface area contributed by atoms with Gasteiger partial charge in [0.15, 0.2) is 0 Å². The van der Waals surface area contributed by atoms with Gasteiger partial charge >= 0.3 is 0 Å². The van der Waals surface area contributed by atoms with Gasteiger partial charge in [0.1, 0.15) is 0 Å². The SMILES string of the molecule is Brc1ccc(C2CC(c3cccs3)n3nnnc3N2)cc1. The maximum atomic E-state index is 4.13. The van der Waals surface area contributed by atoms with Crippen LogP contribution in [-0.2, 0) is 0 Å². The summed E-state index contributed by atoms with van der Waals surface area (Å²) >= 11 is 5.22. The number of hydrogen-bond donors (Lipinski definition) is 1. The first kappa shape index (κ1) is 13.0. The zero-order chi connectivity index (χ0) is 14.2. The molecular formula is C14H12BrN5S. The van der Waals surface area contributed by atoms with Crippen LogP contribution < -0.4 is 5.32 Å². The molecule has 0 amide bonds. The van der Waals surface area contributed by atoms with Crippen molar-refractivity contribution in [3.8, 4) is 0 Å². The van der Waals surface area contributed by atoms with Gasteiger partial charge in [-0.25, -0.2) is 4.68 Å². The summed E-state index contributed by atoms with van der Waals surface area (Å²) in [5.41, 5.74) is 1.24. The molecule has 1 aliphatic rings. The van der Waals surface area contributed by atoms with E-state index >= 15 is 0 Å². The predicted octanol–water partition coefficient (Wildman–Crippen LogP) is 3.64. The zero-order valence-corrected chi connectivity index (χ0v) is 13.4. The zero-order valence-electron chi connectivity index (χ0n) is 11.0. The molecule has 2 unspecified atom stereocenters. The van der Waals surface area contributed by atoms with Crippen LogP contribution in [0.15, 0.2) is 46.3 Å². The van der Waals surface area contributed by atoms with Crippen molar-refractivity contribution in [1.29, 1.82) is 0 Å². The maximum absolute atomic E-state index is 4.13. The first-order valence-corrected chi connectivity index (χ1v) is 8.32. The summed E-state index contributed by atoms with van der Waals surface area (Å²) in [5, 5.41) is 17.5. The summed E-state index contributed by atoms with van der Waals surface area (Å²) < 4.78 is 2.96. The highest BCUT2D eigenvalue weighted by Crippen LogP contribution is 2.38. The topological polar surface area (TPSA) is 55.6 Å². The molecule has 1 aliphatic heterocycles. The van der Waals surface area contributed by atoms with Crippen LogP contribution in [0.5, 0.6) is 0 Å². The van der Waals surface area contributed by atoms with Crippen molar-refractivity contribution in [1.82, 2.24) is 20.2 Å². The van der Waals surface area contributed by atoms with E-state index in [1.807, 2.05) is 4.68 Å². The van der Waals surface area contributed by atoms with Crippen LogP contribution >= 0.6 is 27.3 Å². The largest absolute Gasteiger partial charge is 0.346 e. The number of fused-ring (bicyclic) bond motifs is 1. The monoisotopic (exact) mass is 361 g/mol. The Labute approximate surface area is 134 Å². The quantitative estimate of drug-likeness (QED) is 0.756. The number of nitrogens with zero attached hydrogens (tertiary/aromatic N) is 4. The summed E-state index contributed by atoms with van der Waals surface area (Å²) in [4.78, 5) is 1.28. The number of hydrogen-bond acceptors (Lipinski definition) is 5. The van der Waals surface area contributed by atoms with E-state index in [2.05, 4.69) is 78.6 Å². The first-order valence-electron chi connectivity index (χ1n) is 6.64. The second-order valence-corrected chi connectivity index (χ2v) is 6.86. The Balaban J connectivity index is 1.72. The minimum Gasteiger partial charge on any atom is -0.346 e. The van der Waals surface area contributed by atoms with E-state index in [4.69, 9.17) is 0 Å². The third kappa shape index (κ3) is 2.36. The minimum atomic E-state index is 0.185. The molecule has 3 heterocycles. The Morgan fingerprint density at radius 3 is 2.86 bits per heavy atom. The number of thiophene rings is 1. The number of rotatable bonds is 2. The Kier molecular flexibility index (Phi) is 3.23. The predicted molar refractivity (Wildman–Crippen MR) is 85.4 cm³/mol. The molecule has 1 aromatic carbocycles. The third-order valence-electron chi connectivity index (χ3n) is 3.69. The molecule has 0 fully saturated rings. The molecule has 0 radical (unpaired) electrons. The second kappa shape index (κ2) is 5.23. The van der Waals surface area contributed by atoms with Crippen LogP contribution in [0, 0.1) is 0 Å². The van der Waals surface area contributed by atoms with Crippen LogP contribution in [0.3, 0.4) is 0 Å². The van der Waals surface area contributed by atoms with E-state index in [1.54, 1.807) is 11.3 Å². The molecule has 0 saturated heterocycles. The number of benzene rings is 1. The highest BCUT2D eigenvalue weighted by atomic mass is 79.9. The first-order chi connectivity index (χ1) is 10.3. The number of nitrogens with one attached hydrogen (secondary N) is 1. The van der Waals surface area contributed by atoms with E-state index < -0.39 is 0 Å². The van der Waals surface area contributed by atoms with Gasteiger partial charge in [-0.3, -0.25) is 0 Å². The highest BCUT2D eigenvalue weighted by molar-refractivity contribution is 9.10. The summed E-state index contributed by atoms with van der Waals surface area (Å²) in [7, 11) is 0. The number of tetrazole rings is 1. The molecule has 2 atom stereocenters. The maximum Gasteiger partial charge on any atom is 0.244 e. The molecule has 21 heavy (non-hydrogen) atoms. The Hall–Kier alpha value is -1.73. The van der Waals surface area contributed by atoms with E-state index in [1.165, 1.54) is 10.4 Å². The molecule has 0 spiro atoms. The van der Waals surface area contributed by atoms with Crippen LogP contribution in [0.2, 0.25) is 0 Å². The van der Waals surface area contributed by atoms with Crippen molar-refractivity contribution in [3.63, 3.8) is 0 Å². The van der Waals surface area contributed by atoms with Crippen LogP contribution in [0.1, 0.15) is 28.9 Å². The van der Waals surface area contributed by atoms with Crippen molar-refractivity contribution in [2.75, 3.05) is 5.32 Å². The molecule has 1 N–H and O–H groups in total. The lowest BCUT2D eigenvalue weighted by Gasteiger charge is -2.30. The summed E-state index contributed by atoms with van der Waals surface area (Å²) in [6.45, 7) is 0. The van der Waals surface area contributed by atoms with Gasteiger partial charge in [-0.05, 0) is 46.0 Å². The van der Waals surface area contributed by atoms with Gasteiger partial charge in [0.25, 0.3) is 0 Å². The molecule has 3 aromatic rings. The van der Waals surface area contributed by atoms with Crippen molar-refractivity contribution in [3.05, 3.63) is 56.7 Å². The lowest BCUT2D eigenvalue weighted by molar-refractivity contribution is 0.429. The minimum absolute atomic E-state index is 0.185. The van der Waals surface area contributed by atoms with Gasteiger partial charge in [-0.2, -0.15) is 0 Å². The second-order valence-electron chi connectivity index (χ2n) is 4.96. The van der Waals surface area contributed by atoms with E-state index in [-0.39, 0.29) is 12.1 Å². The molecule has 7 heteroatoms. The summed E-state index contributed by atoms with van der Waals surface area (Å²) in [6.07, 6.45) is 0.931. The smallest absolute Gasteiger partial charge is 0.244 e. The fourth-order valence-electron chi connectivity index (χ4n) is 2.67. The van der Waals surface area contributed by atoms with E-state index in [0.29, 0.717) is 0 Å². The van der Waals surface area contributed by atoms with Crippen molar-refractivity contribution in [2.45, 2.75) is 18.5 Å². The number of halogens is 1. The molecule has 106 valence electrons. The van der Waals surface area contributed by atoms with Gasteiger partial charge < -0.3 is 5.32 Å². The van der Waals surface area contributed by atoms with Gasteiger partial charge in [-0.1, -0.05) is 39.2 Å².